The van der Waals surface area contributed by atoms with Crippen LogP contribution in [0.25, 0.3) is 10.2 Å². The van der Waals surface area contributed by atoms with Gasteiger partial charge in [-0.15, -0.1) is 11.3 Å². The van der Waals surface area contributed by atoms with E-state index >= 15 is 0 Å². The molecule has 1 N–H and O–H groups in total. The normalized spacial score (nSPS) is 18.8. The van der Waals surface area contributed by atoms with E-state index in [1.807, 2.05) is 15.9 Å². The van der Waals surface area contributed by atoms with Gasteiger partial charge in [0.05, 0.1) is 11.1 Å². The minimum absolute atomic E-state index is 0.0419. The molecule has 6 nitrogen and oxygen atoms in total. The van der Waals surface area contributed by atoms with E-state index in [0.717, 1.165) is 29.5 Å². The van der Waals surface area contributed by atoms with Gasteiger partial charge in [0.15, 0.2) is 0 Å². The fraction of sp³-hybridized carbons (Fsp3) is 0.458. The van der Waals surface area contributed by atoms with Crippen molar-refractivity contribution in [2.45, 2.75) is 39.0 Å². The maximum absolute atomic E-state index is 14.0. The number of aryl methyl sites for hydroxylation is 2. The van der Waals surface area contributed by atoms with Crippen LogP contribution in [-0.2, 0) is 24.1 Å². The molecule has 0 saturated carbocycles. The lowest BCUT2D eigenvalue weighted by Gasteiger charge is -2.36. The van der Waals surface area contributed by atoms with Crippen LogP contribution in [-0.4, -0.2) is 47.0 Å². The quantitative estimate of drug-likeness (QED) is 0.655. The number of H-pyrrole nitrogens is 1. The molecule has 0 bridgehead atoms. The predicted octanol–water partition coefficient (Wildman–Crippen LogP) is 3.53. The van der Waals surface area contributed by atoms with Gasteiger partial charge in [0.25, 0.3) is 5.56 Å². The molecule has 1 aliphatic heterocycles. The second kappa shape index (κ2) is 8.65. The Morgan fingerprint density at radius 1 is 1.25 bits per heavy atom. The monoisotopic (exact) mass is 454 g/mol. The molecule has 168 valence electrons. The first-order chi connectivity index (χ1) is 15.5. The van der Waals surface area contributed by atoms with E-state index in [1.165, 1.54) is 16.5 Å². The summed E-state index contributed by atoms with van der Waals surface area (Å²) in [7, 11) is 0. The number of fused-ring (bicyclic) bond motifs is 3. The van der Waals surface area contributed by atoms with Gasteiger partial charge in [0, 0.05) is 43.9 Å². The summed E-state index contributed by atoms with van der Waals surface area (Å²) in [6, 6.07) is 6.74. The Bertz CT molecular complexity index is 1210. The molecule has 2 aliphatic rings. The third-order valence-electron chi connectivity index (χ3n) is 6.62. The zero-order valence-electron chi connectivity index (χ0n) is 18.2. The number of halogens is 1. The molecule has 8 heteroatoms. The summed E-state index contributed by atoms with van der Waals surface area (Å²) in [5.74, 6) is 1.03. The number of nitrogens with one attached hydrogen (secondary N) is 1. The lowest BCUT2D eigenvalue weighted by Crippen LogP contribution is -2.49. The van der Waals surface area contributed by atoms with E-state index in [1.54, 1.807) is 23.5 Å². The average Bonchev–Trinajstić information content (AvgIpc) is 3.15. The summed E-state index contributed by atoms with van der Waals surface area (Å²) in [6.07, 6.45) is 3.78. The largest absolute Gasteiger partial charge is 0.366 e. The van der Waals surface area contributed by atoms with Crippen molar-refractivity contribution in [1.29, 1.82) is 0 Å². The Morgan fingerprint density at radius 3 is 2.81 bits per heavy atom. The van der Waals surface area contributed by atoms with Gasteiger partial charge < -0.3 is 14.8 Å². The van der Waals surface area contributed by atoms with Gasteiger partial charge in [-0.3, -0.25) is 9.59 Å². The summed E-state index contributed by atoms with van der Waals surface area (Å²) >= 11 is 1.63. The average molecular weight is 455 g/mol. The van der Waals surface area contributed by atoms with Gasteiger partial charge in [0.2, 0.25) is 5.91 Å². The Hall–Kier alpha value is -2.74. The number of benzene rings is 1. The number of carbonyl (C=O) groups excluding carboxylic acids is 1. The number of nitrogens with zero attached hydrogens (tertiary/aromatic N) is 3. The summed E-state index contributed by atoms with van der Waals surface area (Å²) < 4.78 is 14.0. The number of hydrogen-bond acceptors (Lipinski definition) is 5. The van der Waals surface area contributed by atoms with Crippen LogP contribution in [0.4, 0.5) is 10.1 Å². The molecule has 0 spiro atoms. The van der Waals surface area contributed by atoms with Gasteiger partial charge in [-0.05, 0) is 42.9 Å². The van der Waals surface area contributed by atoms with Crippen LogP contribution in [0.15, 0.2) is 29.1 Å². The first-order valence-electron chi connectivity index (χ1n) is 11.3. The first kappa shape index (κ1) is 21.1. The molecule has 1 aliphatic carbocycles. The van der Waals surface area contributed by atoms with Crippen molar-refractivity contribution in [1.82, 2.24) is 14.9 Å². The molecular formula is C24H27FN4O2S. The van der Waals surface area contributed by atoms with Gasteiger partial charge in [0.1, 0.15) is 16.5 Å². The molecule has 1 saturated heterocycles. The van der Waals surface area contributed by atoms with Crippen molar-refractivity contribution in [2.24, 2.45) is 5.92 Å². The summed E-state index contributed by atoms with van der Waals surface area (Å²) in [5, 5.41) is 0.747. The Morgan fingerprint density at radius 2 is 2.03 bits per heavy atom. The minimum Gasteiger partial charge on any atom is -0.366 e. The van der Waals surface area contributed by atoms with E-state index in [4.69, 9.17) is 0 Å². The number of hydrogen-bond donors (Lipinski definition) is 1. The predicted molar refractivity (Wildman–Crippen MR) is 125 cm³/mol. The van der Waals surface area contributed by atoms with E-state index in [0.29, 0.717) is 56.5 Å². The highest BCUT2D eigenvalue weighted by molar-refractivity contribution is 7.18. The van der Waals surface area contributed by atoms with Gasteiger partial charge in [-0.2, -0.15) is 0 Å². The highest BCUT2D eigenvalue weighted by Crippen LogP contribution is 2.35. The summed E-state index contributed by atoms with van der Waals surface area (Å²) in [5.41, 5.74) is 1.68. The molecule has 3 aromatic rings. The molecule has 1 fully saturated rings. The Balaban J connectivity index is 1.22. The fourth-order valence-electron chi connectivity index (χ4n) is 4.80. The molecule has 1 unspecified atom stereocenters. The molecule has 3 heterocycles. The molecule has 5 rings (SSSR count). The number of aromatic nitrogens is 2. The van der Waals surface area contributed by atoms with Crippen LogP contribution in [0.3, 0.4) is 0 Å². The van der Waals surface area contributed by atoms with Crippen molar-refractivity contribution < 1.29 is 9.18 Å². The Kier molecular flexibility index (Phi) is 5.71. The van der Waals surface area contributed by atoms with Crippen LogP contribution >= 0.6 is 11.3 Å². The number of para-hydroxylation sites is 1. The SMILES string of the molecule is CC1CCc2c(sc3nc(CCC(=O)N4CCN(c5ccccc5F)CC4)[nH]c(=O)c23)C1. The molecule has 0 radical (unpaired) electrons. The van der Waals surface area contributed by atoms with E-state index in [9.17, 15) is 14.0 Å². The van der Waals surface area contributed by atoms with Crippen molar-refractivity contribution in [3.05, 3.63) is 56.7 Å². The number of aromatic amines is 1. The fourth-order valence-corrected chi connectivity index (χ4v) is 6.20. The van der Waals surface area contributed by atoms with Crippen molar-refractivity contribution in [2.75, 3.05) is 31.1 Å². The van der Waals surface area contributed by atoms with Crippen molar-refractivity contribution in [3.63, 3.8) is 0 Å². The third-order valence-corrected chi connectivity index (χ3v) is 7.76. The molecule has 32 heavy (non-hydrogen) atoms. The minimum atomic E-state index is -0.234. The van der Waals surface area contributed by atoms with E-state index in [-0.39, 0.29) is 17.3 Å². The lowest BCUT2D eigenvalue weighted by molar-refractivity contribution is -0.131. The molecule has 1 aromatic carbocycles. The van der Waals surface area contributed by atoms with E-state index in [2.05, 4.69) is 16.9 Å². The number of amides is 1. The highest BCUT2D eigenvalue weighted by Gasteiger charge is 2.25. The van der Waals surface area contributed by atoms with Crippen LogP contribution in [0.5, 0.6) is 0 Å². The highest BCUT2D eigenvalue weighted by atomic mass is 32.1. The van der Waals surface area contributed by atoms with Crippen LogP contribution in [0.2, 0.25) is 0 Å². The second-order valence-corrected chi connectivity index (χ2v) is 9.95. The van der Waals surface area contributed by atoms with Crippen molar-refractivity contribution >= 4 is 33.1 Å². The maximum Gasteiger partial charge on any atom is 0.259 e. The molecule has 1 amide bonds. The van der Waals surface area contributed by atoms with Gasteiger partial charge >= 0.3 is 0 Å². The lowest BCUT2D eigenvalue weighted by atomic mass is 9.89. The molecule has 1 atom stereocenters. The third kappa shape index (κ3) is 4.03. The molecular weight excluding hydrogens is 427 g/mol. The first-order valence-corrected chi connectivity index (χ1v) is 12.1. The second-order valence-electron chi connectivity index (χ2n) is 8.86. The number of rotatable bonds is 4. The Labute approximate surface area is 190 Å². The van der Waals surface area contributed by atoms with Gasteiger partial charge in [-0.25, -0.2) is 9.37 Å². The maximum atomic E-state index is 14.0. The summed E-state index contributed by atoms with van der Waals surface area (Å²) in [4.78, 5) is 39.0. The molecule has 2 aromatic heterocycles. The van der Waals surface area contributed by atoms with Gasteiger partial charge in [-0.1, -0.05) is 19.1 Å². The smallest absolute Gasteiger partial charge is 0.259 e. The number of thiophene rings is 1. The number of piperazine rings is 1. The number of carbonyl (C=O) groups is 1. The summed E-state index contributed by atoms with van der Waals surface area (Å²) in [6.45, 7) is 4.58. The topological polar surface area (TPSA) is 69.3 Å². The van der Waals surface area contributed by atoms with Crippen LogP contribution in [0, 0.1) is 11.7 Å². The van der Waals surface area contributed by atoms with Crippen LogP contribution < -0.4 is 10.5 Å². The number of anilines is 1. The standard InChI is InChI=1S/C24H27FN4O2S/c1-15-6-7-16-19(14-15)32-24-22(16)23(31)26-20(27-24)8-9-21(30)29-12-10-28(11-13-29)18-5-3-2-4-17(18)25/h2-5,15H,6-14H2,1H3,(H,26,27,31). The zero-order chi connectivity index (χ0) is 22.2. The van der Waals surface area contributed by atoms with Crippen LogP contribution in [0.1, 0.15) is 36.0 Å². The van der Waals surface area contributed by atoms with Crippen molar-refractivity contribution in [3.8, 4) is 0 Å². The zero-order valence-corrected chi connectivity index (χ0v) is 19.0. The van der Waals surface area contributed by atoms with E-state index < -0.39 is 0 Å².